The monoisotopic (exact) mass is 325 g/mol. The minimum atomic E-state index is 0.447. The van der Waals surface area contributed by atoms with Crippen molar-refractivity contribution in [1.82, 2.24) is 10.2 Å². The van der Waals surface area contributed by atoms with Gasteiger partial charge in [0.05, 0.1) is 5.69 Å². The lowest BCUT2D eigenvalue weighted by molar-refractivity contribution is -0.0698. The van der Waals surface area contributed by atoms with Crippen molar-refractivity contribution in [3.8, 4) is 0 Å². The number of nitrogens with two attached hydrogens (primary N) is 2. The molecule has 5 heteroatoms. The van der Waals surface area contributed by atoms with Gasteiger partial charge in [-0.25, -0.2) is 4.99 Å². The first kappa shape index (κ1) is 16.7. The Morgan fingerprint density at radius 1 is 1.42 bits per heavy atom. The van der Waals surface area contributed by atoms with Crippen molar-refractivity contribution in [3.05, 3.63) is 54.9 Å². The van der Waals surface area contributed by atoms with Gasteiger partial charge in [-0.05, 0) is 54.6 Å². The molecule has 128 valence electrons. The Hall–Kier alpha value is -2.11. The number of rotatable bonds is 7. The van der Waals surface area contributed by atoms with Gasteiger partial charge in [-0.2, -0.15) is 0 Å². The van der Waals surface area contributed by atoms with Crippen LogP contribution in [-0.4, -0.2) is 36.4 Å². The van der Waals surface area contributed by atoms with Gasteiger partial charge in [0, 0.05) is 31.9 Å². The van der Waals surface area contributed by atoms with E-state index in [9.17, 15) is 0 Å². The molecule has 5 nitrogen and oxygen atoms in total. The Bertz CT molecular complexity index is 635. The van der Waals surface area contributed by atoms with E-state index in [2.05, 4.69) is 33.9 Å². The molecule has 0 radical (unpaired) electrons. The summed E-state index contributed by atoms with van der Waals surface area (Å²) in [6, 6.07) is 8.72. The van der Waals surface area contributed by atoms with E-state index in [0.29, 0.717) is 17.3 Å². The zero-order valence-corrected chi connectivity index (χ0v) is 14.1. The molecule has 1 aromatic rings. The lowest BCUT2D eigenvalue weighted by Crippen LogP contribution is -2.65. The molecule has 0 unspecified atom stereocenters. The highest BCUT2D eigenvalue weighted by Crippen LogP contribution is 2.47. The second-order valence-electron chi connectivity index (χ2n) is 7.04. The molecule has 1 aliphatic carbocycles. The van der Waals surface area contributed by atoms with E-state index in [4.69, 9.17) is 11.5 Å². The summed E-state index contributed by atoms with van der Waals surface area (Å²) in [6.07, 6.45) is 8.47. The normalized spacial score (nSPS) is 20.8. The Morgan fingerprint density at radius 2 is 2.21 bits per heavy atom. The fourth-order valence-corrected chi connectivity index (χ4v) is 3.83. The molecule has 0 amide bonds. The first-order valence-corrected chi connectivity index (χ1v) is 8.53. The van der Waals surface area contributed by atoms with Gasteiger partial charge in [0.2, 0.25) is 0 Å². The van der Waals surface area contributed by atoms with Gasteiger partial charge >= 0.3 is 0 Å². The summed E-state index contributed by atoms with van der Waals surface area (Å²) in [5.74, 6) is 0.465. The van der Waals surface area contributed by atoms with E-state index < -0.39 is 0 Å². The first-order valence-electron chi connectivity index (χ1n) is 8.53. The minimum Gasteiger partial charge on any atom is -0.384 e. The van der Waals surface area contributed by atoms with Gasteiger partial charge in [-0.3, -0.25) is 0 Å². The lowest BCUT2D eigenvalue weighted by atomic mass is 9.61. The van der Waals surface area contributed by atoms with Gasteiger partial charge in [-0.1, -0.05) is 18.7 Å². The summed E-state index contributed by atoms with van der Waals surface area (Å²) in [4.78, 5) is 6.94. The van der Waals surface area contributed by atoms with Crippen LogP contribution >= 0.6 is 0 Å². The lowest BCUT2D eigenvalue weighted by Gasteiger charge is -2.58. The van der Waals surface area contributed by atoms with Crippen molar-refractivity contribution in [2.75, 3.05) is 19.6 Å². The molecule has 1 aliphatic heterocycles. The predicted octanol–water partition coefficient (Wildman–Crippen LogP) is 1.89. The molecule has 1 aromatic carbocycles. The first-order chi connectivity index (χ1) is 11.6. The molecule has 3 rings (SSSR count). The van der Waals surface area contributed by atoms with Crippen LogP contribution in [0.15, 0.2) is 54.3 Å². The Balaban J connectivity index is 1.49. The van der Waals surface area contributed by atoms with Crippen molar-refractivity contribution >= 4 is 11.5 Å². The molecule has 0 aromatic heterocycles. The molecule has 5 N–H and O–H groups in total. The van der Waals surface area contributed by atoms with Crippen LogP contribution in [0.5, 0.6) is 0 Å². The van der Waals surface area contributed by atoms with Crippen LogP contribution in [0.2, 0.25) is 0 Å². The SMILES string of the molecule is C=CN/C=C\C(N)=Nc1cccc(CCN2CC3(CC(N)C3)C2)c1. The topological polar surface area (TPSA) is 79.7 Å². The van der Waals surface area contributed by atoms with Crippen molar-refractivity contribution in [1.29, 1.82) is 0 Å². The van der Waals surface area contributed by atoms with E-state index in [0.717, 1.165) is 18.7 Å². The third kappa shape index (κ3) is 4.04. The summed E-state index contributed by atoms with van der Waals surface area (Å²) in [7, 11) is 0. The van der Waals surface area contributed by atoms with Crippen LogP contribution in [-0.2, 0) is 6.42 Å². The summed E-state index contributed by atoms with van der Waals surface area (Å²) in [6.45, 7) is 7.10. The Morgan fingerprint density at radius 3 is 2.92 bits per heavy atom. The average Bonchev–Trinajstić information content (AvgIpc) is 2.49. The molecule has 2 aliphatic rings. The predicted molar refractivity (Wildman–Crippen MR) is 100.0 cm³/mol. The molecular weight excluding hydrogens is 298 g/mol. The fourth-order valence-electron chi connectivity index (χ4n) is 3.83. The minimum absolute atomic E-state index is 0.447. The summed E-state index contributed by atoms with van der Waals surface area (Å²) >= 11 is 0. The number of benzene rings is 1. The van der Waals surface area contributed by atoms with Crippen LogP contribution in [0.4, 0.5) is 5.69 Å². The van der Waals surface area contributed by atoms with Crippen LogP contribution in [0, 0.1) is 5.41 Å². The summed E-state index contributed by atoms with van der Waals surface area (Å²) < 4.78 is 0. The smallest absolute Gasteiger partial charge is 0.125 e. The number of amidine groups is 1. The Labute approximate surface area is 144 Å². The number of nitrogens with one attached hydrogen (secondary N) is 1. The standard InChI is InChI=1S/C19H27N5/c1-2-22-8-6-18(21)23-17-5-3-4-15(10-17)7-9-24-13-19(14-24)11-16(20)12-19/h2-6,8,10,16,22H,1,7,9,11-14,20H2,(H2,21,23)/b8-6-. The maximum atomic E-state index is 5.91. The molecule has 2 fully saturated rings. The van der Waals surface area contributed by atoms with Crippen LogP contribution in [0.3, 0.4) is 0 Å². The van der Waals surface area contributed by atoms with Crippen LogP contribution in [0.25, 0.3) is 0 Å². The van der Waals surface area contributed by atoms with Gasteiger partial charge in [0.25, 0.3) is 0 Å². The van der Waals surface area contributed by atoms with E-state index in [1.165, 1.54) is 31.5 Å². The van der Waals surface area contributed by atoms with Crippen molar-refractivity contribution in [2.45, 2.75) is 25.3 Å². The molecular formula is C19H27N5. The third-order valence-corrected chi connectivity index (χ3v) is 4.86. The van der Waals surface area contributed by atoms with Crippen molar-refractivity contribution in [3.63, 3.8) is 0 Å². The highest BCUT2D eigenvalue weighted by Gasteiger charge is 2.50. The van der Waals surface area contributed by atoms with E-state index in [1.807, 2.05) is 12.1 Å². The maximum Gasteiger partial charge on any atom is 0.125 e. The molecule has 0 atom stereocenters. The number of hydrogen-bond donors (Lipinski definition) is 3. The number of nitrogens with zero attached hydrogens (tertiary/aromatic N) is 2. The third-order valence-electron chi connectivity index (χ3n) is 4.86. The van der Waals surface area contributed by atoms with Gasteiger partial charge < -0.3 is 21.7 Å². The maximum absolute atomic E-state index is 5.91. The van der Waals surface area contributed by atoms with Gasteiger partial charge in [0.15, 0.2) is 0 Å². The fraction of sp³-hybridized carbons (Fsp3) is 0.421. The quantitative estimate of drug-likeness (QED) is 0.528. The van der Waals surface area contributed by atoms with E-state index >= 15 is 0 Å². The zero-order chi connectivity index (χ0) is 17.0. The number of aliphatic imine (C=N–C) groups is 1. The molecule has 1 saturated carbocycles. The molecule has 24 heavy (non-hydrogen) atoms. The molecule has 1 heterocycles. The average molecular weight is 325 g/mol. The van der Waals surface area contributed by atoms with E-state index in [1.54, 1.807) is 18.5 Å². The van der Waals surface area contributed by atoms with Crippen molar-refractivity contribution in [2.24, 2.45) is 21.9 Å². The Kier molecular flexibility index (Phi) is 5.02. The highest BCUT2D eigenvalue weighted by molar-refractivity contribution is 5.93. The van der Waals surface area contributed by atoms with E-state index in [-0.39, 0.29) is 0 Å². The summed E-state index contributed by atoms with van der Waals surface area (Å²) in [5.41, 5.74) is 14.5. The second kappa shape index (κ2) is 7.20. The van der Waals surface area contributed by atoms with Crippen molar-refractivity contribution < 1.29 is 0 Å². The van der Waals surface area contributed by atoms with Gasteiger partial charge in [0.1, 0.15) is 5.84 Å². The highest BCUT2D eigenvalue weighted by atomic mass is 15.2. The second-order valence-corrected chi connectivity index (χ2v) is 7.04. The largest absolute Gasteiger partial charge is 0.384 e. The molecule has 1 saturated heterocycles. The summed E-state index contributed by atoms with van der Waals surface area (Å²) in [5, 5.41) is 2.85. The number of likely N-dealkylation sites (tertiary alicyclic amines) is 1. The zero-order valence-electron chi connectivity index (χ0n) is 14.1. The number of hydrogen-bond acceptors (Lipinski definition) is 4. The molecule has 1 spiro atoms. The van der Waals surface area contributed by atoms with Crippen LogP contribution < -0.4 is 16.8 Å². The van der Waals surface area contributed by atoms with Gasteiger partial charge in [-0.15, -0.1) is 0 Å². The molecule has 0 bridgehead atoms. The van der Waals surface area contributed by atoms with Crippen LogP contribution in [0.1, 0.15) is 18.4 Å².